The molecule has 2 aromatic rings. The largest absolute Gasteiger partial charge is 0.348 e. The summed E-state index contributed by atoms with van der Waals surface area (Å²) in [6.45, 7) is 4.94. The lowest BCUT2D eigenvalue weighted by Crippen LogP contribution is -3.11. The van der Waals surface area contributed by atoms with Gasteiger partial charge in [-0.05, 0) is 55.5 Å². The Morgan fingerprint density at radius 3 is 2.24 bits per heavy atom. The third kappa shape index (κ3) is 5.04. The molecule has 2 N–H and O–H groups in total. The highest BCUT2D eigenvalue weighted by molar-refractivity contribution is 5.97. The van der Waals surface area contributed by atoms with Gasteiger partial charge in [0.05, 0.1) is 13.1 Å². The number of nitrogens with zero attached hydrogens (tertiary/aromatic N) is 1. The number of anilines is 1. The Morgan fingerprint density at radius 1 is 0.897 bits per heavy atom. The Hall–Kier alpha value is -2.66. The number of carbonyl (C=O) groups is 2. The lowest BCUT2D eigenvalue weighted by Gasteiger charge is -2.23. The Kier molecular flexibility index (Phi) is 6.25. The van der Waals surface area contributed by atoms with Crippen molar-refractivity contribution in [3.63, 3.8) is 0 Å². The zero-order chi connectivity index (χ0) is 20.1. The molecule has 2 aliphatic rings. The molecule has 5 nitrogen and oxygen atoms in total. The molecule has 0 radical (unpaired) electrons. The minimum Gasteiger partial charge on any atom is -0.348 e. The van der Waals surface area contributed by atoms with Crippen LogP contribution in [0.1, 0.15) is 53.6 Å². The second-order valence-electron chi connectivity index (χ2n) is 8.18. The van der Waals surface area contributed by atoms with Crippen molar-refractivity contribution in [1.29, 1.82) is 0 Å². The van der Waals surface area contributed by atoms with Gasteiger partial charge in [0.1, 0.15) is 6.54 Å². The van der Waals surface area contributed by atoms with Gasteiger partial charge in [0.25, 0.3) is 5.91 Å². The van der Waals surface area contributed by atoms with E-state index in [9.17, 15) is 9.59 Å². The molecule has 0 aromatic heterocycles. The molecule has 5 heteroatoms. The summed E-state index contributed by atoms with van der Waals surface area (Å²) in [5, 5.41) is 2.99. The number of nitrogens with one attached hydrogen (secondary N) is 2. The number of hydrogen-bond acceptors (Lipinski definition) is 2. The molecule has 152 valence electrons. The zero-order valence-electron chi connectivity index (χ0n) is 17.0. The van der Waals surface area contributed by atoms with Crippen molar-refractivity contribution in [2.75, 3.05) is 24.5 Å². The van der Waals surface area contributed by atoms with E-state index in [2.05, 4.69) is 29.6 Å². The van der Waals surface area contributed by atoms with Gasteiger partial charge in [0, 0.05) is 36.3 Å². The van der Waals surface area contributed by atoms with E-state index in [4.69, 9.17) is 0 Å². The number of likely N-dealkylation sites (tertiary alicyclic amines) is 1. The molecule has 2 amide bonds. The van der Waals surface area contributed by atoms with Crippen molar-refractivity contribution in [1.82, 2.24) is 5.32 Å². The van der Waals surface area contributed by atoms with E-state index in [1.165, 1.54) is 37.9 Å². The van der Waals surface area contributed by atoms with Crippen molar-refractivity contribution in [3.8, 4) is 0 Å². The molecule has 2 heterocycles. The average molecular weight is 393 g/mol. The highest BCUT2D eigenvalue weighted by Crippen LogP contribution is 2.21. The molecule has 4 rings (SSSR count). The summed E-state index contributed by atoms with van der Waals surface area (Å²) >= 11 is 0. The van der Waals surface area contributed by atoms with Gasteiger partial charge < -0.3 is 15.1 Å². The summed E-state index contributed by atoms with van der Waals surface area (Å²) in [6.07, 6.45) is 5.57. The second kappa shape index (κ2) is 9.23. The first-order chi connectivity index (χ1) is 14.2. The normalized spacial score (nSPS) is 17.5. The quantitative estimate of drug-likeness (QED) is 0.793. The maximum absolute atomic E-state index is 12.4. The molecule has 29 heavy (non-hydrogen) atoms. The second-order valence-corrected chi connectivity index (χ2v) is 8.18. The number of quaternary nitrogens is 1. The van der Waals surface area contributed by atoms with Gasteiger partial charge in [0.15, 0.2) is 0 Å². The fourth-order valence-electron chi connectivity index (χ4n) is 4.29. The zero-order valence-corrected chi connectivity index (χ0v) is 17.0. The number of carbonyl (C=O) groups excluding carboxylic acids is 2. The molecule has 2 fully saturated rings. The summed E-state index contributed by atoms with van der Waals surface area (Å²) in [7, 11) is 0. The summed E-state index contributed by atoms with van der Waals surface area (Å²) in [5.74, 6) is 0.0682. The SMILES string of the molecule is O=C(NCc1ccc(C[NH+]2CCCCC2)cc1)c1ccc(N2CCCC2=O)cc1. The third-order valence-corrected chi connectivity index (χ3v) is 6.01. The van der Waals surface area contributed by atoms with Gasteiger partial charge in [0.2, 0.25) is 5.91 Å². The van der Waals surface area contributed by atoms with Crippen molar-refractivity contribution in [2.45, 2.75) is 45.2 Å². The molecule has 0 saturated carbocycles. The highest BCUT2D eigenvalue weighted by atomic mass is 16.2. The first kappa shape index (κ1) is 19.6. The fourth-order valence-corrected chi connectivity index (χ4v) is 4.29. The molecule has 0 bridgehead atoms. The van der Waals surface area contributed by atoms with Crippen LogP contribution in [0.4, 0.5) is 5.69 Å². The number of amides is 2. The minimum atomic E-state index is -0.0915. The number of hydrogen-bond donors (Lipinski definition) is 2. The topological polar surface area (TPSA) is 53.9 Å². The molecule has 0 unspecified atom stereocenters. The van der Waals surface area contributed by atoms with Crippen LogP contribution in [0.5, 0.6) is 0 Å². The van der Waals surface area contributed by atoms with Crippen LogP contribution in [-0.2, 0) is 17.9 Å². The molecule has 0 atom stereocenters. The number of piperidine rings is 1. The van der Waals surface area contributed by atoms with Gasteiger partial charge in [-0.2, -0.15) is 0 Å². The van der Waals surface area contributed by atoms with Crippen LogP contribution in [0.25, 0.3) is 0 Å². The predicted octanol–water partition coefficient (Wildman–Crippen LogP) is 2.31. The molecular formula is C24H30N3O2+. The van der Waals surface area contributed by atoms with Gasteiger partial charge in [-0.3, -0.25) is 9.59 Å². The molecule has 2 aromatic carbocycles. The van der Waals surface area contributed by atoms with Crippen molar-refractivity contribution in [2.24, 2.45) is 0 Å². The van der Waals surface area contributed by atoms with E-state index in [0.717, 1.165) is 30.8 Å². The van der Waals surface area contributed by atoms with Gasteiger partial charge >= 0.3 is 0 Å². The minimum absolute atomic E-state index is 0.0915. The van der Waals surface area contributed by atoms with Gasteiger partial charge in [-0.25, -0.2) is 0 Å². The molecule has 2 saturated heterocycles. The van der Waals surface area contributed by atoms with Crippen LogP contribution in [0.15, 0.2) is 48.5 Å². The van der Waals surface area contributed by atoms with Crippen LogP contribution in [0, 0.1) is 0 Å². The van der Waals surface area contributed by atoms with Crippen LogP contribution >= 0.6 is 0 Å². The average Bonchev–Trinajstić information content (AvgIpc) is 3.20. The van der Waals surface area contributed by atoms with E-state index < -0.39 is 0 Å². The lowest BCUT2D eigenvalue weighted by atomic mass is 10.1. The Labute approximate surface area is 172 Å². The van der Waals surface area contributed by atoms with Crippen LogP contribution in [-0.4, -0.2) is 31.4 Å². The van der Waals surface area contributed by atoms with Gasteiger partial charge in [-0.1, -0.05) is 24.3 Å². The van der Waals surface area contributed by atoms with Gasteiger partial charge in [-0.15, -0.1) is 0 Å². The third-order valence-electron chi connectivity index (χ3n) is 6.01. The molecular weight excluding hydrogens is 362 g/mol. The maximum Gasteiger partial charge on any atom is 0.251 e. The highest BCUT2D eigenvalue weighted by Gasteiger charge is 2.21. The van der Waals surface area contributed by atoms with E-state index in [-0.39, 0.29) is 11.8 Å². The maximum atomic E-state index is 12.4. The van der Waals surface area contributed by atoms with E-state index in [1.54, 1.807) is 21.9 Å². The Morgan fingerprint density at radius 2 is 1.59 bits per heavy atom. The molecule has 2 aliphatic heterocycles. The van der Waals surface area contributed by atoms with Crippen LogP contribution in [0.2, 0.25) is 0 Å². The monoisotopic (exact) mass is 392 g/mol. The summed E-state index contributed by atoms with van der Waals surface area (Å²) in [4.78, 5) is 27.7. The number of benzene rings is 2. The van der Waals surface area contributed by atoms with Crippen molar-refractivity contribution in [3.05, 3.63) is 65.2 Å². The summed E-state index contributed by atoms with van der Waals surface area (Å²) < 4.78 is 0. The lowest BCUT2D eigenvalue weighted by molar-refractivity contribution is -0.918. The van der Waals surface area contributed by atoms with Crippen LogP contribution in [0.3, 0.4) is 0 Å². The first-order valence-electron chi connectivity index (χ1n) is 10.8. The van der Waals surface area contributed by atoms with E-state index in [0.29, 0.717) is 18.5 Å². The van der Waals surface area contributed by atoms with Crippen molar-refractivity contribution >= 4 is 17.5 Å². The number of rotatable bonds is 6. The summed E-state index contributed by atoms with van der Waals surface area (Å²) in [6, 6.07) is 15.9. The van der Waals surface area contributed by atoms with E-state index >= 15 is 0 Å². The molecule has 0 aliphatic carbocycles. The fraction of sp³-hybridized carbons (Fsp3) is 0.417. The molecule has 0 spiro atoms. The first-order valence-corrected chi connectivity index (χ1v) is 10.8. The standard InChI is InChI=1S/C24H29N3O2/c28-23-5-4-16-27(23)22-12-10-21(11-13-22)24(29)25-17-19-6-8-20(9-7-19)18-26-14-2-1-3-15-26/h6-13H,1-5,14-18H2,(H,25,29)/p+1. The van der Waals surface area contributed by atoms with E-state index in [1.807, 2.05) is 12.1 Å². The Balaban J connectivity index is 1.28. The van der Waals surface area contributed by atoms with Crippen molar-refractivity contribution < 1.29 is 14.5 Å². The van der Waals surface area contributed by atoms with Crippen LogP contribution < -0.4 is 15.1 Å². The summed E-state index contributed by atoms with van der Waals surface area (Å²) in [5.41, 5.74) is 3.96. The predicted molar refractivity (Wildman–Crippen MR) is 114 cm³/mol. The Bertz CT molecular complexity index is 839. The smallest absolute Gasteiger partial charge is 0.251 e.